The van der Waals surface area contributed by atoms with Gasteiger partial charge in [-0.25, -0.2) is 4.98 Å². The van der Waals surface area contributed by atoms with Gasteiger partial charge in [-0.3, -0.25) is 4.99 Å². The highest BCUT2D eigenvalue weighted by Gasteiger charge is 2.07. The molecule has 0 bridgehead atoms. The number of aromatic nitrogens is 1. The largest absolute Gasteiger partial charge is 0.497 e. The van der Waals surface area contributed by atoms with Crippen LogP contribution in [0.5, 0.6) is 11.5 Å². The summed E-state index contributed by atoms with van der Waals surface area (Å²) in [5.41, 5.74) is 1.13. The minimum atomic E-state index is -0.00805. The Kier molecular flexibility index (Phi) is 8.21. The van der Waals surface area contributed by atoms with Crippen molar-refractivity contribution < 1.29 is 9.47 Å². The standard InChI is InChI=1S/C19H28N4O2S/c1-5-18-23-15(13-26-18)9-10-21-19(20-3)22-12-14(2)25-17-8-6-7-16(11-17)24-4/h6-8,11,13-14H,5,9-10,12H2,1-4H3,(H2,20,21,22). The van der Waals surface area contributed by atoms with Gasteiger partial charge in [0, 0.05) is 31.5 Å². The third kappa shape index (κ3) is 6.55. The van der Waals surface area contributed by atoms with Gasteiger partial charge < -0.3 is 20.1 Å². The molecule has 0 saturated carbocycles. The van der Waals surface area contributed by atoms with Crippen molar-refractivity contribution in [1.82, 2.24) is 15.6 Å². The molecular weight excluding hydrogens is 348 g/mol. The minimum absolute atomic E-state index is 0.00805. The van der Waals surface area contributed by atoms with Gasteiger partial charge in [0.2, 0.25) is 0 Å². The van der Waals surface area contributed by atoms with Crippen molar-refractivity contribution in [2.75, 3.05) is 27.2 Å². The molecule has 1 heterocycles. The van der Waals surface area contributed by atoms with Crippen molar-refractivity contribution in [1.29, 1.82) is 0 Å². The van der Waals surface area contributed by atoms with Crippen LogP contribution < -0.4 is 20.1 Å². The Balaban J connectivity index is 1.71. The van der Waals surface area contributed by atoms with Gasteiger partial charge in [-0.1, -0.05) is 13.0 Å². The Labute approximate surface area is 159 Å². The van der Waals surface area contributed by atoms with Gasteiger partial charge in [0.25, 0.3) is 0 Å². The molecule has 26 heavy (non-hydrogen) atoms. The van der Waals surface area contributed by atoms with E-state index in [4.69, 9.17) is 9.47 Å². The lowest BCUT2D eigenvalue weighted by molar-refractivity contribution is 0.223. The van der Waals surface area contributed by atoms with Gasteiger partial charge in [-0.2, -0.15) is 0 Å². The van der Waals surface area contributed by atoms with Gasteiger partial charge >= 0.3 is 0 Å². The van der Waals surface area contributed by atoms with E-state index in [2.05, 4.69) is 32.9 Å². The molecule has 142 valence electrons. The van der Waals surface area contributed by atoms with E-state index in [9.17, 15) is 0 Å². The van der Waals surface area contributed by atoms with Crippen molar-refractivity contribution in [3.8, 4) is 11.5 Å². The highest BCUT2D eigenvalue weighted by Crippen LogP contribution is 2.19. The number of nitrogens with one attached hydrogen (secondary N) is 2. The summed E-state index contributed by atoms with van der Waals surface area (Å²) in [4.78, 5) is 8.82. The number of benzene rings is 1. The zero-order valence-electron chi connectivity index (χ0n) is 15.9. The molecular formula is C19H28N4O2S. The molecule has 0 saturated heterocycles. The molecule has 0 radical (unpaired) electrons. The number of nitrogens with zero attached hydrogens (tertiary/aromatic N) is 2. The zero-order chi connectivity index (χ0) is 18.8. The van der Waals surface area contributed by atoms with Gasteiger partial charge in [0.05, 0.1) is 24.4 Å². The first-order valence-electron chi connectivity index (χ1n) is 8.83. The second-order valence-corrected chi connectivity index (χ2v) is 6.77. The monoisotopic (exact) mass is 376 g/mol. The molecule has 2 aromatic rings. The van der Waals surface area contributed by atoms with E-state index in [0.29, 0.717) is 6.54 Å². The number of aliphatic imine (C=N–C) groups is 1. The number of rotatable bonds is 9. The normalized spacial score (nSPS) is 12.5. The van der Waals surface area contributed by atoms with Crippen LogP contribution in [0.1, 0.15) is 24.5 Å². The van der Waals surface area contributed by atoms with Crippen LogP contribution >= 0.6 is 11.3 Å². The van der Waals surface area contributed by atoms with Crippen LogP contribution in [0.3, 0.4) is 0 Å². The number of aryl methyl sites for hydroxylation is 1. The molecule has 0 aliphatic carbocycles. The summed E-state index contributed by atoms with van der Waals surface area (Å²) < 4.78 is 11.1. The smallest absolute Gasteiger partial charge is 0.191 e. The molecule has 6 nitrogen and oxygen atoms in total. The number of hydrogen-bond donors (Lipinski definition) is 2. The molecule has 0 spiro atoms. The van der Waals surface area contributed by atoms with E-state index in [1.165, 1.54) is 5.01 Å². The molecule has 1 aromatic carbocycles. The van der Waals surface area contributed by atoms with E-state index in [0.717, 1.165) is 42.5 Å². The fraction of sp³-hybridized carbons (Fsp3) is 0.474. The molecule has 0 amide bonds. The quantitative estimate of drug-likeness (QED) is 0.520. The Hall–Kier alpha value is -2.28. The summed E-state index contributed by atoms with van der Waals surface area (Å²) in [5.74, 6) is 2.34. The summed E-state index contributed by atoms with van der Waals surface area (Å²) in [5, 5.41) is 9.91. The predicted molar refractivity (Wildman–Crippen MR) is 108 cm³/mol. The topological polar surface area (TPSA) is 67.8 Å². The van der Waals surface area contributed by atoms with Gasteiger partial charge in [0.1, 0.15) is 17.6 Å². The maximum Gasteiger partial charge on any atom is 0.191 e. The summed E-state index contributed by atoms with van der Waals surface area (Å²) in [6, 6.07) is 7.61. The first-order chi connectivity index (χ1) is 12.6. The average molecular weight is 377 g/mol. The molecule has 7 heteroatoms. The van der Waals surface area contributed by atoms with E-state index < -0.39 is 0 Å². The van der Waals surface area contributed by atoms with Crippen LogP contribution in [0.4, 0.5) is 0 Å². The number of methoxy groups -OCH3 is 1. The summed E-state index contributed by atoms with van der Waals surface area (Å²) in [6.45, 7) is 5.58. The predicted octanol–water partition coefficient (Wildman–Crippen LogP) is 2.89. The molecule has 0 fully saturated rings. The first-order valence-corrected chi connectivity index (χ1v) is 9.71. The van der Waals surface area contributed by atoms with E-state index in [1.54, 1.807) is 25.5 Å². The fourth-order valence-corrected chi connectivity index (χ4v) is 3.12. The maximum absolute atomic E-state index is 5.91. The van der Waals surface area contributed by atoms with Crippen molar-refractivity contribution in [2.24, 2.45) is 4.99 Å². The number of thiazole rings is 1. The third-order valence-corrected chi connectivity index (χ3v) is 4.78. The number of ether oxygens (including phenoxy) is 2. The first kappa shape index (κ1) is 20.0. The second kappa shape index (κ2) is 10.7. The maximum atomic E-state index is 5.91. The fourth-order valence-electron chi connectivity index (χ4n) is 2.34. The molecule has 1 atom stereocenters. The van der Waals surface area contributed by atoms with Crippen molar-refractivity contribution >= 4 is 17.3 Å². The summed E-state index contributed by atoms with van der Waals surface area (Å²) in [6.07, 6.45) is 1.87. The Morgan fingerprint density at radius 2 is 2.12 bits per heavy atom. The van der Waals surface area contributed by atoms with E-state index >= 15 is 0 Å². The molecule has 0 aliphatic heterocycles. The highest BCUT2D eigenvalue weighted by atomic mass is 32.1. The van der Waals surface area contributed by atoms with Crippen LogP contribution in [0.2, 0.25) is 0 Å². The van der Waals surface area contributed by atoms with Gasteiger partial charge in [-0.15, -0.1) is 11.3 Å². The Morgan fingerprint density at radius 3 is 2.81 bits per heavy atom. The molecule has 1 aromatic heterocycles. The van der Waals surface area contributed by atoms with Crippen LogP contribution in [-0.2, 0) is 12.8 Å². The van der Waals surface area contributed by atoms with Crippen LogP contribution in [0.15, 0.2) is 34.6 Å². The summed E-state index contributed by atoms with van der Waals surface area (Å²) >= 11 is 1.72. The van der Waals surface area contributed by atoms with Gasteiger partial charge in [-0.05, 0) is 25.5 Å². The molecule has 1 unspecified atom stereocenters. The Morgan fingerprint density at radius 1 is 1.31 bits per heavy atom. The minimum Gasteiger partial charge on any atom is -0.497 e. The van der Waals surface area contributed by atoms with Crippen LogP contribution in [0.25, 0.3) is 0 Å². The van der Waals surface area contributed by atoms with Crippen molar-refractivity contribution in [3.63, 3.8) is 0 Å². The second-order valence-electron chi connectivity index (χ2n) is 5.82. The third-order valence-electron chi connectivity index (χ3n) is 3.73. The molecule has 0 aliphatic rings. The van der Waals surface area contributed by atoms with E-state index in [1.807, 2.05) is 31.2 Å². The lowest BCUT2D eigenvalue weighted by Gasteiger charge is -2.18. The lowest BCUT2D eigenvalue weighted by Crippen LogP contribution is -2.42. The van der Waals surface area contributed by atoms with Gasteiger partial charge in [0.15, 0.2) is 5.96 Å². The highest BCUT2D eigenvalue weighted by molar-refractivity contribution is 7.09. The van der Waals surface area contributed by atoms with Crippen molar-refractivity contribution in [2.45, 2.75) is 32.8 Å². The Bertz CT molecular complexity index is 702. The number of guanidine groups is 1. The number of hydrogen-bond acceptors (Lipinski definition) is 5. The zero-order valence-corrected chi connectivity index (χ0v) is 16.7. The average Bonchev–Trinajstić information content (AvgIpc) is 3.12. The van der Waals surface area contributed by atoms with Crippen LogP contribution in [-0.4, -0.2) is 44.3 Å². The summed E-state index contributed by atoms with van der Waals surface area (Å²) in [7, 11) is 3.41. The lowest BCUT2D eigenvalue weighted by atomic mass is 10.3. The van der Waals surface area contributed by atoms with Crippen molar-refractivity contribution in [3.05, 3.63) is 40.3 Å². The molecule has 2 rings (SSSR count). The SMILES string of the molecule is CCc1nc(CCNC(=NC)NCC(C)Oc2cccc(OC)c2)cs1. The van der Waals surface area contributed by atoms with Crippen LogP contribution in [0, 0.1) is 0 Å². The molecule has 2 N–H and O–H groups in total. The van der Waals surface area contributed by atoms with E-state index in [-0.39, 0.29) is 6.10 Å².